The van der Waals surface area contributed by atoms with Gasteiger partial charge in [0, 0.05) is 46.5 Å². The lowest BCUT2D eigenvalue weighted by atomic mass is 10.1. The van der Waals surface area contributed by atoms with Gasteiger partial charge in [0.25, 0.3) is 0 Å². The van der Waals surface area contributed by atoms with Crippen molar-refractivity contribution in [3.05, 3.63) is 112 Å². The van der Waals surface area contributed by atoms with Crippen molar-refractivity contribution in [2.24, 2.45) is 0 Å². The van der Waals surface area contributed by atoms with Crippen LogP contribution in [-0.2, 0) is 19.6 Å². The molecule has 0 atom stereocenters. The van der Waals surface area contributed by atoms with Crippen molar-refractivity contribution in [1.29, 1.82) is 0 Å². The van der Waals surface area contributed by atoms with Crippen LogP contribution in [0.5, 0.6) is 0 Å². The number of hydrogen-bond acceptors (Lipinski definition) is 1. The van der Waals surface area contributed by atoms with Crippen LogP contribution >= 0.6 is 28.6 Å². The summed E-state index contributed by atoms with van der Waals surface area (Å²) in [6, 6.07) is 23.3. The Morgan fingerprint density at radius 2 is 1.67 bits per heavy atom. The predicted molar refractivity (Wildman–Crippen MR) is 127 cm³/mol. The predicted octanol–water partition coefficient (Wildman–Crippen LogP) is 7.05. The van der Waals surface area contributed by atoms with E-state index in [-0.39, 0.29) is 22.8 Å². The summed E-state index contributed by atoms with van der Waals surface area (Å²) in [6.45, 7) is 2.32. The second-order valence-electron chi connectivity index (χ2n) is 7.44. The Balaban J connectivity index is 0.00000218. The SMILES string of the molecule is Br.Fc1ccc(CN2C=Cc3c(n(Cc4cccc(Cl)c4)c4ccccc34)C2)cc1. The van der Waals surface area contributed by atoms with Crippen molar-refractivity contribution < 1.29 is 4.39 Å². The summed E-state index contributed by atoms with van der Waals surface area (Å²) in [5.74, 6) is -0.202. The maximum Gasteiger partial charge on any atom is 0.123 e. The molecule has 5 heteroatoms. The lowest BCUT2D eigenvalue weighted by Crippen LogP contribution is -2.21. The Morgan fingerprint density at radius 1 is 0.867 bits per heavy atom. The van der Waals surface area contributed by atoms with Crippen molar-refractivity contribution in [3.8, 4) is 0 Å². The second-order valence-corrected chi connectivity index (χ2v) is 7.88. The number of aromatic nitrogens is 1. The first-order valence-electron chi connectivity index (χ1n) is 9.68. The highest BCUT2D eigenvalue weighted by atomic mass is 79.9. The van der Waals surface area contributed by atoms with Crippen molar-refractivity contribution in [3.63, 3.8) is 0 Å². The third-order valence-corrected chi connectivity index (χ3v) is 5.69. The monoisotopic (exact) mass is 482 g/mol. The first kappa shape index (κ1) is 20.7. The summed E-state index contributed by atoms with van der Waals surface area (Å²) in [7, 11) is 0. The van der Waals surface area contributed by atoms with Crippen LogP contribution in [0.2, 0.25) is 5.02 Å². The zero-order chi connectivity index (χ0) is 19.8. The molecule has 2 heterocycles. The van der Waals surface area contributed by atoms with E-state index in [0.29, 0.717) is 0 Å². The first-order chi connectivity index (χ1) is 14.2. The van der Waals surface area contributed by atoms with Crippen molar-refractivity contribution in [1.82, 2.24) is 9.47 Å². The fourth-order valence-corrected chi connectivity index (χ4v) is 4.31. The van der Waals surface area contributed by atoms with Crippen LogP contribution < -0.4 is 0 Å². The summed E-state index contributed by atoms with van der Waals surface area (Å²) >= 11 is 6.22. The molecule has 5 rings (SSSR count). The molecule has 1 aromatic heterocycles. The lowest BCUT2D eigenvalue weighted by molar-refractivity contribution is 0.349. The minimum Gasteiger partial charge on any atom is -0.367 e. The normalized spacial score (nSPS) is 12.7. The van der Waals surface area contributed by atoms with Crippen LogP contribution in [0.25, 0.3) is 17.0 Å². The Labute approximate surface area is 191 Å². The molecule has 0 radical (unpaired) electrons. The van der Waals surface area contributed by atoms with Gasteiger partial charge >= 0.3 is 0 Å². The van der Waals surface area contributed by atoms with E-state index < -0.39 is 0 Å². The van der Waals surface area contributed by atoms with Gasteiger partial charge in [-0.15, -0.1) is 17.0 Å². The topological polar surface area (TPSA) is 8.17 Å². The molecule has 4 aromatic rings. The molecule has 3 aromatic carbocycles. The van der Waals surface area contributed by atoms with E-state index in [1.54, 1.807) is 0 Å². The van der Waals surface area contributed by atoms with Crippen molar-refractivity contribution in [2.75, 3.05) is 0 Å². The number of fused-ring (bicyclic) bond motifs is 3. The molecule has 1 aliphatic heterocycles. The molecule has 152 valence electrons. The number of halogens is 3. The highest BCUT2D eigenvalue weighted by molar-refractivity contribution is 8.93. The van der Waals surface area contributed by atoms with E-state index in [1.165, 1.54) is 39.9 Å². The Hall–Kier alpha value is -2.56. The Morgan fingerprint density at radius 3 is 2.47 bits per heavy atom. The minimum atomic E-state index is -0.202. The van der Waals surface area contributed by atoms with Gasteiger partial charge in [-0.25, -0.2) is 4.39 Å². The van der Waals surface area contributed by atoms with Gasteiger partial charge in [-0.3, -0.25) is 0 Å². The van der Waals surface area contributed by atoms with Crippen LogP contribution in [0, 0.1) is 5.82 Å². The van der Waals surface area contributed by atoms with Crippen molar-refractivity contribution >= 4 is 45.6 Å². The summed E-state index contributed by atoms with van der Waals surface area (Å²) < 4.78 is 15.6. The summed E-state index contributed by atoms with van der Waals surface area (Å²) in [4.78, 5) is 2.27. The standard InChI is InChI=1S/C25H20ClFN2.BrH/c26-20-5-3-4-19(14-20)16-29-24-7-2-1-6-22(24)23-12-13-28(17-25(23)29)15-18-8-10-21(27)11-9-18;/h1-14H,15-17H2;1H. The van der Waals surface area contributed by atoms with Crippen molar-refractivity contribution in [2.45, 2.75) is 19.6 Å². The second kappa shape index (κ2) is 8.66. The highest BCUT2D eigenvalue weighted by Crippen LogP contribution is 2.32. The average Bonchev–Trinajstić information content (AvgIpc) is 3.03. The van der Waals surface area contributed by atoms with Crippen LogP contribution in [0.3, 0.4) is 0 Å². The van der Waals surface area contributed by atoms with E-state index >= 15 is 0 Å². The van der Waals surface area contributed by atoms with Gasteiger partial charge in [-0.05, 0) is 47.5 Å². The fraction of sp³-hybridized carbons (Fsp3) is 0.120. The number of nitrogens with zero attached hydrogens (tertiary/aromatic N) is 2. The molecule has 0 saturated carbocycles. The molecule has 2 nitrogen and oxygen atoms in total. The van der Waals surface area contributed by atoms with Crippen LogP contribution in [0.1, 0.15) is 22.4 Å². The van der Waals surface area contributed by atoms with Gasteiger partial charge < -0.3 is 9.47 Å². The fourth-order valence-electron chi connectivity index (χ4n) is 4.10. The quantitative estimate of drug-likeness (QED) is 0.302. The van der Waals surface area contributed by atoms with Gasteiger partial charge in [0.1, 0.15) is 5.82 Å². The van der Waals surface area contributed by atoms with E-state index in [0.717, 1.165) is 30.2 Å². The summed E-state index contributed by atoms with van der Waals surface area (Å²) in [5, 5.41) is 2.02. The third-order valence-electron chi connectivity index (χ3n) is 5.46. The highest BCUT2D eigenvalue weighted by Gasteiger charge is 2.20. The molecule has 0 bridgehead atoms. The van der Waals surface area contributed by atoms with Gasteiger partial charge in [0.05, 0.1) is 6.54 Å². The number of hydrogen-bond donors (Lipinski definition) is 0. The van der Waals surface area contributed by atoms with E-state index in [1.807, 2.05) is 30.3 Å². The maximum absolute atomic E-state index is 13.2. The maximum atomic E-state index is 13.2. The molecule has 0 N–H and O–H groups in total. The molecule has 0 spiro atoms. The molecular weight excluding hydrogens is 463 g/mol. The summed E-state index contributed by atoms with van der Waals surface area (Å²) in [5.41, 5.74) is 6.07. The third kappa shape index (κ3) is 4.03. The molecular formula is C25H21BrClFN2. The van der Waals surface area contributed by atoms with Gasteiger partial charge in [0.15, 0.2) is 0 Å². The lowest BCUT2D eigenvalue weighted by Gasteiger charge is -2.26. The smallest absolute Gasteiger partial charge is 0.123 e. The van der Waals surface area contributed by atoms with Crippen LogP contribution in [0.15, 0.2) is 79.0 Å². The molecule has 0 fully saturated rings. The van der Waals surface area contributed by atoms with Crippen LogP contribution in [0.4, 0.5) is 4.39 Å². The first-order valence-corrected chi connectivity index (χ1v) is 10.1. The molecule has 0 saturated heterocycles. The largest absolute Gasteiger partial charge is 0.367 e. The van der Waals surface area contributed by atoms with Crippen LogP contribution in [-0.4, -0.2) is 9.47 Å². The molecule has 0 amide bonds. The molecule has 0 unspecified atom stereocenters. The van der Waals surface area contributed by atoms with Gasteiger partial charge in [0.2, 0.25) is 0 Å². The zero-order valence-electron chi connectivity index (χ0n) is 16.3. The average molecular weight is 484 g/mol. The number of benzene rings is 3. The molecule has 1 aliphatic rings. The van der Waals surface area contributed by atoms with Gasteiger partial charge in [-0.2, -0.15) is 0 Å². The summed E-state index contributed by atoms with van der Waals surface area (Å²) in [6.07, 6.45) is 4.33. The Bertz CT molecular complexity index is 1210. The zero-order valence-corrected chi connectivity index (χ0v) is 18.7. The van der Waals surface area contributed by atoms with E-state index in [9.17, 15) is 4.39 Å². The Kier molecular flexibility index (Phi) is 5.98. The van der Waals surface area contributed by atoms with E-state index in [2.05, 4.69) is 52.1 Å². The minimum absolute atomic E-state index is 0. The number of rotatable bonds is 4. The van der Waals surface area contributed by atoms with E-state index in [4.69, 9.17) is 11.6 Å². The van der Waals surface area contributed by atoms with Gasteiger partial charge in [-0.1, -0.05) is 54.1 Å². The molecule has 30 heavy (non-hydrogen) atoms. The number of para-hydroxylation sites is 1. The molecule has 0 aliphatic carbocycles.